The van der Waals surface area contributed by atoms with Gasteiger partial charge in [-0.3, -0.25) is 0 Å². The van der Waals surface area contributed by atoms with E-state index in [1.807, 2.05) is 13.8 Å². The normalized spacial score (nSPS) is 13.4. The zero-order valence-electron chi connectivity index (χ0n) is 11.9. The van der Waals surface area contributed by atoms with E-state index in [-0.39, 0.29) is 31.1 Å². The Morgan fingerprint density at radius 2 is 2.10 bits per heavy atom. The maximum atomic E-state index is 13.3. The molecule has 0 saturated heterocycles. The van der Waals surface area contributed by atoms with E-state index in [0.717, 1.165) is 0 Å². The molecule has 1 aromatic rings. The van der Waals surface area contributed by atoms with Crippen molar-refractivity contribution >= 4 is 6.03 Å². The predicted molar refractivity (Wildman–Crippen MR) is 74.0 cm³/mol. The Kier molecular flexibility index (Phi) is 6.24. The van der Waals surface area contributed by atoms with Crippen molar-refractivity contribution in [2.75, 3.05) is 13.7 Å². The summed E-state index contributed by atoms with van der Waals surface area (Å²) >= 11 is 0. The van der Waals surface area contributed by atoms with E-state index < -0.39 is 5.82 Å². The molecule has 0 saturated carbocycles. The standard InChI is InChI=1S/C14H21FN2O3/c1-9(8-18)10(2)17-14(19)16-7-11-4-12(15)6-13(5-11)20-3/h4-6,9-10,18H,7-8H2,1-3H3,(H2,16,17,19). The summed E-state index contributed by atoms with van der Waals surface area (Å²) in [6, 6.07) is 3.75. The second kappa shape index (κ2) is 7.69. The zero-order chi connectivity index (χ0) is 15.1. The van der Waals surface area contributed by atoms with E-state index in [0.29, 0.717) is 11.3 Å². The van der Waals surface area contributed by atoms with E-state index in [2.05, 4.69) is 10.6 Å². The van der Waals surface area contributed by atoms with Crippen LogP contribution in [0.2, 0.25) is 0 Å². The molecule has 0 spiro atoms. The van der Waals surface area contributed by atoms with Crippen molar-refractivity contribution in [3.63, 3.8) is 0 Å². The lowest BCUT2D eigenvalue weighted by atomic mass is 10.1. The van der Waals surface area contributed by atoms with Crippen molar-refractivity contribution in [2.24, 2.45) is 5.92 Å². The number of ether oxygens (including phenoxy) is 1. The number of carbonyl (C=O) groups excluding carboxylic acids is 1. The second-order valence-corrected chi connectivity index (χ2v) is 4.77. The fourth-order valence-electron chi connectivity index (χ4n) is 1.58. The maximum Gasteiger partial charge on any atom is 0.315 e. The highest BCUT2D eigenvalue weighted by atomic mass is 19.1. The zero-order valence-corrected chi connectivity index (χ0v) is 11.9. The molecule has 20 heavy (non-hydrogen) atoms. The first kappa shape index (κ1) is 16.2. The van der Waals surface area contributed by atoms with Crippen LogP contribution in [-0.4, -0.2) is 30.9 Å². The van der Waals surface area contributed by atoms with Crippen LogP contribution in [0.15, 0.2) is 18.2 Å². The third-order valence-electron chi connectivity index (χ3n) is 3.12. The number of rotatable bonds is 6. The minimum Gasteiger partial charge on any atom is -0.497 e. The molecule has 0 aliphatic heterocycles. The molecule has 0 aromatic heterocycles. The topological polar surface area (TPSA) is 70.6 Å². The Bertz CT molecular complexity index is 454. The Labute approximate surface area is 118 Å². The molecular weight excluding hydrogens is 263 g/mol. The lowest BCUT2D eigenvalue weighted by Crippen LogP contribution is -2.43. The molecule has 0 radical (unpaired) electrons. The number of nitrogens with one attached hydrogen (secondary N) is 2. The number of aliphatic hydroxyl groups excluding tert-OH is 1. The van der Waals surface area contributed by atoms with Gasteiger partial charge in [-0.2, -0.15) is 0 Å². The molecule has 0 aliphatic carbocycles. The van der Waals surface area contributed by atoms with Gasteiger partial charge in [0.1, 0.15) is 11.6 Å². The number of carbonyl (C=O) groups is 1. The van der Waals surface area contributed by atoms with Crippen molar-refractivity contribution in [1.82, 2.24) is 10.6 Å². The van der Waals surface area contributed by atoms with E-state index in [4.69, 9.17) is 9.84 Å². The molecule has 112 valence electrons. The number of hydrogen-bond donors (Lipinski definition) is 3. The monoisotopic (exact) mass is 284 g/mol. The highest BCUT2D eigenvalue weighted by molar-refractivity contribution is 5.74. The summed E-state index contributed by atoms with van der Waals surface area (Å²) in [5, 5.41) is 14.3. The SMILES string of the molecule is COc1cc(F)cc(CNC(=O)NC(C)C(C)CO)c1. The first-order valence-electron chi connectivity index (χ1n) is 6.45. The number of hydrogen-bond acceptors (Lipinski definition) is 3. The van der Waals surface area contributed by atoms with Crippen LogP contribution in [0.4, 0.5) is 9.18 Å². The largest absolute Gasteiger partial charge is 0.497 e. The van der Waals surface area contributed by atoms with Crippen LogP contribution >= 0.6 is 0 Å². The van der Waals surface area contributed by atoms with E-state index in [1.165, 1.54) is 19.2 Å². The molecule has 1 aromatic carbocycles. The molecule has 3 N–H and O–H groups in total. The minimum atomic E-state index is -0.413. The Balaban J connectivity index is 2.50. The highest BCUT2D eigenvalue weighted by Crippen LogP contribution is 2.15. The summed E-state index contributed by atoms with van der Waals surface area (Å²) in [6.07, 6.45) is 0. The molecule has 0 aliphatic rings. The van der Waals surface area contributed by atoms with Crippen molar-refractivity contribution in [1.29, 1.82) is 0 Å². The van der Waals surface area contributed by atoms with Gasteiger partial charge in [0, 0.05) is 25.3 Å². The summed E-state index contributed by atoms with van der Waals surface area (Å²) in [7, 11) is 1.46. The Hall–Kier alpha value is -1.82. The van der Waals surface area contributed by atoms with Gasteiger partial charge in [0.15, 0.2) is 0 Å². The van der Waals surface area contributed by atoms with E-state index in [9.17, 15) is 9.18 Å². The van der Waals surface area contributed by atoms with Crippen molar-refractivity contribution in [3.8, 4) is 5.75 Å². The lowest BCUT2D eigenvalue weighted by Gasteiger charge is -2.19. The molecular formula is C14H21FN2O3. The third-order valence-corrected chi connectivity index (χ3v) is 3.12. The van der Waals surface area contributed by atoms with E-state index in [1.54, 1.807) is 6.07 Å². The molecule has 1 rings (SSSR count). The molecule has 6 heteroatoms. The Morgan fingerprint density at radius 3 is 2.70 bits per heavy atom. The van der Waals surface area contributed by atoms with Gasteiger partial charge in [0.25, 0.3) is 0 Å². The van der Waals surface area contributed by atoms with Crippen molar-refractivity contribution < 1.29 is 19.0 Å². The third kappa shape index (κ3) is 5.05. The van der Waals surface area contributed by atoms with Crippen LogP contribution in [0.5, 0.6) is 5.75 Å². The number of amides is 2. The Morgan fingerprint density at radius 1 is 1.40 bits per heavy atom. The van der Waals surface area contributed by atoms with Gasteiger partial charge >= 0.3 is 6.03 Å². The second-order valence-electron chi connectivity index (χ2n) is 4.77. The fraction of sp³-hybridized carbons (Fsp3) is 0.500. The van der Waals surface area contributed by atoms with Crippen LogP contribution in [0.1, 0.15) is 19.4 Å². The van der Waals surface area contributed by atoms with Crippen molar-refractivity contribution in [2.45, 2.75) is 26.4 Å². The first-order valence-corrected chi connectivity index (χ1v) is 6.45. The number of urea groups is 1. The van der Waals surface area contributed by atoms with Gasteiger partial charge in [-0.15, -0.1) is 0 Å². The summed E-state index contributed by atoms with van der Waals surface area (Å²) in [4.78, 5) is 11.7. The van der Waals surface area contributed by atoms with Crippen LogP contribution in [0, 0.1) is 11.7 Å². The molecule has 2 atom stereocenters. The fourth-order valence-corrected chi connectivity index (χ4v) is 1.58. The summed E-state index contributed by atoms with van der Waals surface area (Å²) in [5.41, 5.74) is 0.611. The maximum absolute atomic E-state index is 13.3. The molecule has 2 amide bonds. The molecule has 2 unspecified atom stereocenters. The van der Waals surface area contributed by atoms with Gasteiger partial charge in [-0.05, 0) is 30.5 Å². The van der Waals surface area contributed by atoms with Gasteiger partial charge in [0.2, 0.25) is 0 Å². The van der Waals surface area contributed by atoms with Crippen LogP contribution < -0.4 is 15.4 Å². The summed E-state index contributed by atoms with van der Waals surface area (Å²) in [6.45, 7) is 3.84. The van der Waals surface area contributed by atoms with Gasteiger partial charge in [-0.25, -0.2) is 9.18 Å². The lowest BCUT2D eigenvalue weighted by molar-refractivity contribution is 0.200. The van der Waals surface area contributed by atoms with E-state index >= 15 is 0 Å². The summed E-state index contributed by atoms with van der Waals surface area (Å²) < 4.78 is 18.2. The smallest absolute Gasteiger partial charge is 0.315 e. The van der Waals surface area contributed by atoms with Gasteiger partial charge in [0.05, 0.1) is 7.11 Å². The average molecular weight is 284 g/mol. The number of methoxy groups -OCH3 is 1. The van der Waals surface area contributed by atoms with Gasteiger partial charge < -0.3 is 20.5 Å². The number of benzene rings is 1. The first-order chi connectivity index (χ1) is 9.46. The van der Waals surface area contributed by atoms with Crippen molar-refractivity contribution in [3.05, 3.63) is 29.6 Å². The quantitative estimate of drug-likeness (QED) is 0.744. The predicted octanol–water partition coefficient (Wildman–Crippen LogP) is 1.65. The summed E-state index contributed by atoms with van der Waals surface area (Å²) in [5.74, 6) is -0.0386. The number of halogens is 1. The minimum absolute atomic E-state index is 0.00252. The van der Waals surface area contributed by atoms with Crippen LogP contribution in [0.3, 0.4) is 0 Å². The molecule has 0 bridgehead atoms. The van der Waals surface area contributed by atoms with Crippen LogP contribution in [-0.2, 0) is 6.54 Å². The highest BCUT2D eigenvalue weighted by Gasteiger charge is 2.13. The van der Waals surface area contributed by atoms with Gasteiger partial charge in [-0.1, -0.05) is 6.92 Å². The molecule has 0 heterocycles. The molecule has 0 fully saturated rings. The number of aliphatic hydroxyl groups is 1. The van der Waals surface area contributed by atoms with Crippen LogP contribution in [0.25, 0.3) is 0 Å². The molecule has 5 nitrogen and oxygen atoms in total. The average Bonchev–Trinajstić information content (AvgIpc) is 2.43.